The van der Waals surface area contributed by atoms with Crippen LogP contribution in [0.25, 0.3) is 0 Å². The highest BCUT2D eigenvalue weighted by Crippen LogP contribution is 2.28. The molecule has 2 atom stereocenters. The monoisotopic (exact) mass is 264 g/mol. The van der Waals surface area contributed by atoms with Gasteiger partial charge in [-0.05, 0) is 62.3 Å². The number of piperidine rings is 1. The molecule has 2 N–H and O–H groups in total. The van der Waals surface area contributed by atoms with E-state index >= 15 is 0 Å². The Morgan fingerprint density at radius 2 is 2.17 bits per heavy atom. The van der Waals surface area contributed by atoms with Crippen LogP contribution in [0.3, 0.4) is 0 Å². The largest absolute Gasteiger partial charge is 0.316 e. The van der Waals surface area contributed by atoms with E-state index in [1.54, 1.807) is 0 Å². The van der Waals surface area contributed by atoms with Crippen molar-refractivity contribution >= 4 is 11.8 Å². The van der Waals surface area contributed by atoms with E-state index in [1.807, 2.05) is 11.8 Å². The average Bonchev–Trinajstić information content (AvgIpc) is 2.43. The first-order valence-corrected chi connectivity index (χ1v) is 7.94. The van der Waals surface area contributed by atoms with Gasteiger partial charge in [-0.1, -0.05) is 19.1 Å². The van der Waals surface area contributed by atoms with E-state index in [9.17, 15) is 0 Å². The minimum Gasteiger partial charge on any atom is -0.316 e. The molecule has 100 valence electrons. The lowest BCUT2D eigenvalue weighted by molar-refractivity contribution is 0.298. The van der Waals surface area contributed by atoms with Gasteiger partial charge in [-0.25, -0.2) is 0 Å². The fraction of sp³-hybridized carbons (Fsp3) is 0.600. The molecule has 1 aromatic carbocycles. The highest BCUT2D eigenvalue weighted by molar-refractivity contribution is 7.99. The topological polar surface area (TPSA) is 24.1 Å². The highest BCUT2D eigenvalue weighted by Gasteiger charge is 2.23. The average molecular weight is 264 g/mol. The van der Waals surface area contributed by atoms with Crippen LogP contribution in [-0.2, 0) is 0 Å². The number of nitrogens with one attached hydrogen (secondary N) is 2. The van der Waals surface area contributed by atoms with Gasteiger partial charge in [0.05, 0.1) is 0 Å². The van der Waals surface area contributed by atoms with E-state index in [1.165, 1.54) is 29.8 Å². The van der Waals surface area contributed by atoms with Gasteiger partial charge in [-0.2, -0.15) is 0 Å². The molecule has 1 heterocycles. The Morgan fingerprint density at radius 3 is 2.72 bits per heavy atom. The Kier molecular flexibility index (Phi) is 5.54. The van der Waals surface area contributed by atoms with Crippen LogP contribution in [0.5, 0.6) is 0 Å². The van der Waals surface area contributed by atoms with Crippen molar-refractivity contribution in [3.63, 3.8) is 0 Å². The second-order valence-corrected chi connectivity index (χ2v) is 6.21. The zero-order valence-electron chi connectivity index (χ0n) is 11.4. The van der Waals surface area contributed by atoms with E-state index in [0.717, 1.165) is 12.3 Å². The molecule has 1 aliphatic rings. The smallest absolute Gasteiger partial charge is 0.0358 e. The summed E-state index contributed by atoms with van der Waals surface area (Å²) in [4.78, 5) is 1.37. The van der Waals surface area contributed by atoms with Crippen molar-refractivity contribution in [2.45, 2.75) is 30.7 Å². The van der Waals surface area contributed by atoms with Crippen LogP contribution in [0.1, 0.15) is 31.4 Å². The van der Waals surface area contributed by atoms with Crippen molar-refractivity contribution < 1.29 is 0 Å². The first-order valence-electron chi connectivity index (χ1n) is 6.96. The molecule has 2 rings (SSSR count). The Bertz CT molecular complexity index is 344. The third-order valence-corrected chi connectivity index (χ3v) is 4.56. The minimum absolute atomic E-state index is 0.485. The van der Waals surface area contributed by atoms with E-state index in [2.05, 4.69) is 48.9 Å². The predicted octanol–water partition coefficient (Wildman–Crippen LogP) is 3.06. The zero-order chi connectivity index (χ0) is 12.8. The Labute approximate surface area is 115 Å². The van der Waals surface area contributed by atoms with Crippen LogP contribution in [0.15, 0.2) is 29.2 Å². The third kappa shape index (κ3) is 3.50. The first-order chi connectivity index (χ1) is 8.85. The Morgan fingerprint density at radius 1 is 1.39 bits per heavy atom. The van der Waals surface area contributed by atoms with Gasteiger partial charge in [0.1, 0.15) is 0 Å². The van der Waals surface area contributed by atoms with Crippen molar-refractivity contribution in [1.29, 1.82) is 0 Å². The predicted molar refractivity (Wildman–Crippen MR) is 80.2 cm³/mol. The lowest BCUT2D eigenvalue weighted by atomic mass is 9.87. The molecule has 0 saturated carbocycles. The van der Waals surface area contributed by atoms with E-state index in [4.69, 9.17) is 0 Å². The lowest BCUT2D eigenvalue weighted by Crippen LogP contribution is -2.37. The normalized spacial score (nSPS) is 21.8. The van der Waals surface area contributed by atoms with Gasteiger partial charge in [-0.15, -0.1) is 11.8 Å². The molecule has 0 aliphatic carbocycles. The molecule has 0 spiro atoms. The third-order valence-electron chi connectivity index (χ3n) is 3.67. The molecule has 0 aromatic heterocycles. The Balaban J connectivity index is 2.06. The number of thioether (sulfide) groups is 1. The van der Waals surface area contributed by atoms with Crippen molar-refractivity contribution in [2.75, 3.05) is 25.9 Å². The van der Waals surface area contributed by atoms with Crippen LogP contribution >= 0.6 is 11.8 Å². The summed E-state index contributed by atoms with van der Waals surface area (Å²) < 4.78 is 0. The van der Waals surface area contributed by atoms with E-state index in [0.29, 0.717) is 12.0 Å². The molecule has 3 heteroatoms. The van der Waals surface area contributed by atoms with Gasteiger partial charge in [0, 0.05) is 10.9 Å². The summed E-state index contributed by atoms with van der Waals surface area (Å²) in [5.74, 6) is 1.86. The highest BCUT2D eigenvalue weighted by atomic mass is 32.2. The summed E-state index contributed by atoms with van der Waals surface area (Å²) in [7, 11) is 2.08. The number of hydrogen-bond donors (Lipinski definition) is 2. The summed E-state index contributed by atoms with van der Waals surface area (Å²) in [6.45, 7) is 4.51. The molecule has 18 heavy (non-hydrogen) atoms. The van der Waals surface area contributed by atoms with E-state index < -0.39 is 0 Å². The molecule has 2 unspecified atom stereocenters. The zero-order valence-corrected chi connectivity index (χ0v) is 12.2. The van der Waals surface area contributed by atoms with Gasteiger partial charge in [-0.3, -0.25) is 0 Å². The van der Waals surface area contributed by atoms with Gasteiger partial charge >= 0.3 is 0 Å². The summed E-state index contributed by atoms with van der Waals surface area (Å²) in [5, 5.41) is 7.00. The van der Waals surface area contributed by atoms with Crippen LogP contribution < -0.4 is 10.6 Å². The van der Waals surface area contributed by atoms with Crippen molar-refractivity contribution in [2.24, 2.45) is 5.92 Å². The molecule has 1 fully saturated rings. The fourth-order valence-electron chi connectivity index (χ4n) is 2.78. The molecule has 1 aromatic rings. The van der Waals surface area contributed by atoms with Gasteiger partial charge in [0.2, 0.25) is 0 Å². The molecular formula is C15H24N2S. The molecule has 1 aliphatic heterocycles. The summed E-state index contributed by atoms with van der Waals surface area (Å²) in [6.07, 6.45) is 2.62. The maximum atomic E-state index is 3.51. The van der Waals surface area contributed by atoms with Crippen molar-refractivity contribution in [3.05, 3.63) is 29.8 Å². The molecule has 0 amide bonds. The standard InChI is InChI=1S/C15H24N2S/c1-3-18-14-8-6-12(7-9-14)15(16-2)13-5-4-10-17-11-13/h6-9,13,15-17H,3-5,10-11H2,1-2H3. The molecular weight excluding hydrogens is 240 g/mol. The first kappa shape index (κ1) is 13.9. The van der Waals surface area contributed by atoms with Gasteiger partial charge < -0.3 is 10.6 Å². The van der Waals surface area contributed by atoms with Gasteiger partial charge in [0.25, 0.3) is 0 Å². The SMILES string of the molecule is CCSc1ccc(C(NC)C2CCCNC2)cc1. The van der Waals surface area contributed by atoms with Crippen LogP contribution in [-0.4, -0.2) is 25.9 Å². The Hall–Kier alpha value is -0.510. The van der Waals surface area contributed by atoms with Crippen LogP contribution in [0.4, 0.5) is 0 Å². The maximum absolute atomic E-state index is 3.51. The number of hydrogen-bond acceptors (Lipinski definition) is 3. The van der Waals surface area contributed by atoms with Crippen molar-refractivity contribution in [1.82, 2.24) is 10.6 Å². The second-order valence-electron chi connectivity index (χ2n) is 4.87. The minimum atomic E-state index is 0.485. The van der Waals surface area contributed by atoms with Crippen LogP contribution in [0, 0.1) is 5.92 Å². The van der Waals surface area contributed by atoms with E-state index in [-0.39, 0.29) is 0 Å². The molecule has 2 nitrogen and oxygen atoms in total. The summed E-state index contributed by atoms with van der Waals surface area (Å²) >= 11 is 1.91. The quantitative estimate of drug-likeness (QED) is 0.799. The lowest BCUT2D eigenvalue weighted by Gasteiger charge is -2.31. The number of rotatable bonds is 5. The second kappa shape index (κ2) is 7.17. The molecule has 1 saturated heterocycles. The van der Waals surface area contributed by atoms with Gasteiger partial charge in [0.15, 0.2) is 0 Å². The van der Waals surface area contributed by atoms with Crippen LogP contribution in [0.2, 0.25) is 0 Å². The summed E-state index contributed by atoms with van der Waals surface area (Å²) in [5.41, 5.74) is 1.42. The molecule has 0 radical (unpaired) electrons. The summed E-state index contributed by atoms with van der Waals surface area (Å²) in [6, 6.07) is 9.56. The number of benzene rings is 1. The fourth-order valence-corrected chi connectivity index (χ4v) is 3.44. The molecule has 0 bridgehead atoms. The van der Waals surface area contributed by atoms with Crippen molar-refractivity contribution in [3.8, 4) is 0 Å². The maximum Gasteiger partial charge on any atom is 0.0358 e.